The van der Waals surface area contributed by atoms with Crippen LogP contribution in [0.2, 0.25) is 5.04 Å². The van der Waals surface area contributed by atoms with Crippen LogP contribution in [-0.2, 0) is 4.43 Å². The standard InChI is InChI=1S/C28H32N2O3Si/c1-20-18-30(26(32)29-25(20)31)24-15-16-28(17-23(24)28)19-33-34(27(2,3)4,21-11-7-5-8-12-21)22-13-9-6-10-14-22/h5-16,18,23-24H,17,19H2,1-4H3,(H,29,31,32)/t23-,24+,28-/m0/s1. The number of aryl methyl sites for hydroxylation is 1. The van der Waals surface area contributed by atoms with Crippen molar-refractivity contribution in [3.63, 3.8) is 0 Å². The maximum absolute atomic E-state index is 12.5. The Balaban J connectivity index is 1.48. The summed E-state index contributed by atoms with van der Waals surface area (Å²) in [6, 6.07) is 21.3. The van der Waals surface area contributed by atoms with Crippen molar-refractivity contribution in [3.8, 4) is 0 Å². The number of H-pyrrole nitrogens is 1. The summed E-state index contributed by atoms with van der Waals surface area (Å²) in [5, 5.41) is 2.47. The van der Waals surface area contributed by atoms with Gasteiger partial charge in [0.1, 0.15) is 0 Å². The first kappa shape index (κ1) is 22.8. The van der Waals surface area contributed by atoms with Gasteiger partial charge in [0.2, 0.25) is 0 Å². The molecule has 0 unspecified atom stereocenters. The molecule has 5 rings (SSSR count). The number of hydrogen-bond acceptors (Lipinski definition) is 3. The van der Waals surface area contributed by atoms with E-state index in [9.17, 15) is 9.59 Å². The van der Waals surface area contributed by atoms with Crippen LogP contribution in [0.25, 0.3) is 0 Å². The first-order valence-corrected chi connectivity index (χ1v) is 13.9. The molecule has 0 aliphatic heterocycles. The van der Waals surface area contributed by atoms with Crippen molar-refractivity contribution in [2.45, 2.75) is 45.2 Å². The van der Waals surface area contributed by atoms with Crippen molar-refractivity contribution in [2.75, 3.05) is 6.61 Å². The van der Waals surface area contributed by atoms with Gasteiger partial charge in [-0.05, 0) is 34.7 Å². The van der Waals surface area contributed by atoms with Crippen LogP contribution >= 0.6 is 0 Å². The minimum Gasteiger partial charge on any atom is -0.407 e. The van der Waals surface area contributed by atoms with Crippen molar-refractivity contribution in [2.24, 2.45) is 11.3 Å². The number of nitrogens with zero attached hydrogens (tertiary/aromatic N) is 1. The molecule has 0 amide bonds. The third-order valence-electron chi connectivity index (χ3n) is 7.66. The monoisotopic (exact) mass is 472 g/mol. The van der Waals surface area contributed by atoms with Crippen LogP contribution in [0.5, 0.6) is 0 Å². The second-order valence-electron chi connectivity index (χ2n) is 10.8. The van der Waals surface area contributed by atoms with Crippen molar-refractivity contribution in [3.05, 3.63) is 105 Å². The minimum atomic E-state index is -2.62. The van der Waals surface area contributed by atoms with Gasteiger partial charge in [-0.2, -0.15) is 0 Å². The van der Waals surface area contributed by atoms with Gasteiger partial charge in [0.15, 0.2) is 0 Å². The molecule has 6 heteroatoms. The van der Waals surface area contributed by atoms with E-state index in [0.717, 1.165) is 6.42 Å². The molecule has 5 nitrogen and oxygen atoms in total. The zero-order chi connectivity index (χ0) is 24.1. The molecule has 2 aliphatic rings. The SMILES string of the molecule is Cc1cn([C@@H]2C=C[C@@]3(CO[Si](c4ccccc4)(c4ccccc4)C(C)(C)C)C[C@@H]23)c(=O)[nH]c1=O. The lowest BCUT2D eigenvalue weighted by molar-refractivity contribution is 0.237. The number of nitrogens with one attached hydrogen (secondary N) is 1. The molecule has 1 fully saturated rings. The second kappa shape index (κ2) is 8.07. The number of hydrogen-bond donors (Lipinski definition) is 1. The van der Waals surface area contributed by atoms with Crippen LogP contribution in [0.15, 0.2) is 88.6 Å². The Bertz CT molecular complexity index is 1300. The van der Waals surface area contributed by atoms with Crippen LogP contribution in [0.4, 0.5) is 0 Å². The average Bonchev–Trinajstić information content (AvgIpc) is 3.42. The van der Waals surface area contributed by atoms with Gasteiger partial charge in [0, 0.05) is 23.8 Å². The summed E-state index contributed by atoms with van der Waals surface area (Å²) in [4.78, 5) is 26.8. The molecule has 0 bridgehead atoms. The lowest BCUT2D eigenvalue weighted by Crippen LogP contribution is -2.67. The average molecular weight is 473 g/mol. The molecular weight excluding hydrogens is 440 g/mol. The van der Waals surface area contributed by atoms with Crippen LogP contribution in [0.1, 0.15) is 38.8 Å². The minimum absolute atomic E-state index is 0.0502. The molecular formula is C28H32N2O3Si. The molecule has 1 N–H and O–H groups in total. The van der Waals surface area contributed by atoms with Crippen LogP contribution < -0.4 is 21.6 Å². The molecule has 1 saturated carbocycles. The van der Waals surface area contributed by atoms with Crippen LogP contribution in [0.3, 0.4) is 0 Å². The normalized spacial score (nSPS) is 23.6. The highest BCUT2D eigenvalue weighted by Crippen LogP contribution is 2.64. The first-order chi connectivity index (χ1) is 16.2. The molecule has 1 aromatic heterocycles. The fourth-order valence-corrected chi connectivity index (χ4v) is 10.4. The Hall–Kier alpha value is -2.96. The molecule has 0 radical (unpaired) electrons. The highest BCUT2D eigenvalue weighted by atomic mass is 28.4. The highest BCUT2D eigenvalue weighted by molar-refractivity contribution is 6.99. The van der Waals surface area contributed by atoms with Crippen molar-refractivity contribution in [1.82, 2.24) is 9.55 Å². The zero-order valence-electron chi connectivity index (χ0n) is 20.2. The molecule has 34 heavy (non-hydrogen) atoms. The number of fused-ring (bicyclic) bond motifs is 1. The van der Waals surface area contributed by atoms with E-state index < -0.39 is 8.32 Å². The van der Waals surface area contributed by atoms with E-state index in [1.165, 1.54) is 10.4 Å². The molecule has 0 spiro atoms. The van der Waals surface area contributed by atoms with E-state index in [0.29, 0.717) is 18.1 Å². The smallest absolute Gasteiger partial charge is 0.328 e. The Morgan fingerprint density at radius 3 is 2.15 bits per heavy atom. The van der Waals surface area contributed by atoms with E-state index in [4.69, 9.17) is 4.43 Å². The summed E-state index contributed by atoms with van der Waals surface area (Å²) in [7, 11) is -2.62. The number of aromatic nitrogens is 2. The summed E-state index contributed by atoms with van der Waals surface area (Å²) < 4.78 is 8.87. The fraction of sp³-hybridized carbons (Fsp3) is 0.357. The van der Waals surface area contributed by atoms with Crippen molar-refractivity contribution in [1.29, 1.82) is 0 Å². The summed E-state index contributed by atoms with van der Waals surface area (Å²) in [5.74, 6) is 0.300. The molecule has 3 atom stereocenters. The Kier molecular flexibility index (Phi) is 5.41. The fourth-order valence-electron chi connectivity index (χ4n) is 5.74. The summed E-state index contributed by atoms with van der Waals surface area (Å²) in [6.45, 7) is 9.22. The van der Waals surface area contributed by atoms with Gasteiger partial charge in [-0.1, -0.05) is 93.6 Å². The molecule has 2 aliphatic carbocycles. The third-order valence-corrected chi connectivity index (χ3v) is 12.6. The number of rotatable bonds is 6. The maximum Gasteiger partial charge on any atom is 0.328 e. The maximum atomic E-state index is 12.5. The number of allylic oxidation sites excluding steroid dienone is 1. The molecule has 176 valence electrons. The summed E-state index contributed by atoms with van der Waals surface area (Å²) in [5.41, 5.74) is -0.183. The Labute approximate surface area is 201 Å². The van der Waals surface area contributed by atoms with Gasteiger partial charge in [-0.25, -0.2) is 4.79 Å². The zero-order valence-corrected chi connectivity index (χ0v) is 21.2. The predicted molar refractivity (Wildman–Crippen MR) is 138 cm³/mol. The molecule has 0 saturated heterocycles. The van der Waals surface area contributed by atoms with Gasteiger partial charge in [0.05, 0.1) is 6.04 Å². The van der Waals surface area contributed by atoms with Gasteiger partial charge in [0.25, 0.3) is 13.9 Å². The topological polar surface area (TPSA) is 64.1 Å². The van der Waals surface area contributed by atoms with E-state index in [-0.39, 0.29) is 27.7 Å². The lowest BCUT2D eigenvalue weighted by Gasteiger charge is -2.43. The predicted octanol–water partition coefficient (Wildman–Crippen LogP) is 3.54. The second-order valence-corrected chi connectivity index (χ2v) is 15.1. The lowest BCUT2D eigenvalue weighted by atomic mass is 10.1. The van der Waals surface area contributed by atoms with Gasteiger partial charge >= 0.3 is 5.69 Å². The summed E-state index contributed by atoms with van der Waals surface area (Å²) >= 11 is 0. The Morgan fingerprint density at radius 1 is 1.03 bits per heavy atom. The van der Waals surface area contributed by atoms with Crippen LogP contribution in [-0.4, -0.2) is 24.5 Å². The van der Waals surface area contributed by atoms with E-state index in [1.54, 1.807) is 17.7 Å². The largest absolute Gasteiger partial charge is 0.407 e. The first-order valence-electron chi connectivity index (χ1n) is 11.9. The molecule has 3 aromatic rings. The van der Waals surface area contributed by atoms with Gasteiger partial charge < -0.3 is 4.43 Å². The van der Waals surface area contributed by atoms with Gasteiger partial charge in [-0.15, -0.1) is 0 Å². The van der Waals surface area contributed by atoms with Gasteiger partial charge in [-0.3, -0.25) is 14.3 Å². The quantitative estimate of drug-likeness (QED) is 0.441. The summed E-state index contributed by atoms with van der Waals surface area (Å²) in [6.07, 6.45) is 7.03. The number of benzene rings is 2. The molecule has 1 heterocycles. The van der Waals surface area contributed by atoms with Crippen LogP contribution in [0, 0.1) is 18.3 Å². The third kappa shape index (κ3) is 3.56. The highest BCUT2D eigenvalue weighted by Gasteiger charge is 2.61. The van der Waals surface area contributed by atoms with Crippen molar-refractivity contribution >= 4 is 18.7 Å². The van der Waals surface area contributed by atoms with E-state index in [1.807, 2.05) is 0 Å². The van der Waals surface area contributed by atoms with Crippen molar-refractivity contribution < 1.29 is 4.43 Å². The van der Waals surface area contributed by atoms with E-state index in [2.05, 4.69) is 98.6 Å². The molecule has 2 aromatic carbocycles. The number of aromatic amines is 1. The van der Waals surface area contributed by atoms with E-state index >= 15 is 0 Å². The Morgan fingerprint density at radius 2 is 1.62 bits per heavy atom.